The smallest absolute Gasteiger partial charge is 0.259 e. The number of methoxy groups -OCH3 is 1. The number of nitrogen functional groups attached to an aromatic ring is 1. The van der Waals surface area contributed by atoms with Crippen LogP contribution in [-0.2, 0) is 9.84 Å². The van der Waals surface area contributed by atoms with Gasteiger partial charge < -0.3 is 15.8 Å². The summed E-state index contributed by atoms with van der Waals surface area (Å²) in [5, 5.41) is 2.70. The fraction of sp³-hybridized carbons (Fsp3) is 0.136. The summed E-state index contributed by atoms with van der Waals surface area (Å²) in [5.74, 6) is -0.176. The van der Waals surface area contributed by atoms with Crippen molar-refractivity contribution in [3.05, 3.63) is 77.4 Å². The number of aryl methyl sites for hydroxylation is 2. The summed E-state index contributed by atoms with van der Waals surface area (Å²) in [5.41, 5.74) is 8.04. The lowest BCUT2D eigenvalue weighted by molar-refractivity contribution is 0.102. The highest BCUT2D eigenvalue weighted by Crippen LogP contribution is 2.31. The molecule has 0 aromatic heterocycles. The van der Waals surface area contributed by atoms with Crippen LogP contribution < -0.4 is 15.8 Å². The Morgan fingerprint density at radius 3 is 2.28 bits per heavy atom. The second-order valence-corrected chi connectivity index (χ2v) is 8.62. The number of para-hydroxylation sites is 2. The van der Waals surface area contributed by atoms with Gasteiger partial charge in [0.15, 0.2) is 0 Å². The van der Waals surface area contributed by atoms with Crippen LogP contribution in [0.2, 0.25) is 0 Å². The zero-order valence-electron chi connectivity index (χ0n) is 16.4. The van der Waals surface area contributed by atoms with E-state index in [-0.39, 0.29) is 21.0 Å². The molecule has 0 aliphatic heterocycles. The first-order valence-corrected chi connectivity index (χ1v) is 10.4. The number of hydrogen-bond donors (Lipinski definition) is 2. The fourth-order valence-electron chi connectivity index (χ4n) is 3.16. The highest BCUT2D eigenvalue weighted by Gasteiger charge is 2.27. The largest absolute Gasteiger partial charge is 0.495 e. The standard InChI is InChI=1S/C22H22N2O4S/c1-14-11-15(2)13-16(12-14)29(26,27)20-10-6-7-17(23)21(20)22(25)24-18-8-4-5-9-19(18)28-3/h4-13H,23H2,1-3H3,(H,24,25). The lowest BCUT2D eigenvalue weighted by Crippen LogP contribution is -2.19. The van der Waals surface area contributed by atoms with Crippen LogP contribution in [0.3, 0.4) is 0 Å². The van der Waals surface area contributed by atoms with Crippen molar-refractivity contribution < 1.29 is 17.9 Å². The summed E-state index contributed by atoms with van der Waals surface area (Å²) in [7, 11) is -2.48. The normalized spacial score (nSPS) is 11.1. The highest BCUT2D eigenvalue weighted by molar-refractivity contribution is 7.91. The van der Waals surface area contributed by atoms with Crippen molar-refractivity contribution in [3.63, 3.8) is 0 Å². The molecule has 0 unspecified atom stereocenters. The molecule has 0 spiro atoms. The molecule has 0 saturated carbocycles. The molecule has 6 nitrogen and oxygen atoms in total. The van der Waals surface area contributed by atoms with Crippen molar-refractivity contribution in [1.82, 2.24) is 0 Å². The lowest BCUT2D eigenvalue weighted by atomic mass is 10.1. The van der Waals surface area contributed by atoms with E-state index >= 15 is 0 Å². The van der Waals surface area contributed by atoms with Crippen LogP contribution in [0.15, 0.2) is 70.5 Å². The van der Waals surface area contributed by atoms with Gasteiger partial charge >= 0.3 is 0 Å². The van der Waals surface area contributed by atoms with E-state index < -0.39 is 15.7 Å². The summed E-state index contributed by atoms with van der Waals surface area (Å²) in [4.78, 5) is 13.0. The van der Waals surface area contributed by atoms with Gasteiger partial charge in [0, 0.05) is 5.69 Å². The Balaban J connectivity index is 2.11. The Hall–Kier alpha value is -3.32. The molecule has 3 aromatic carbocycles. The van der Waals surface area contributed by atoms with Crippen LogP contribution >= 0.6 is 0 Å². The van der Waals surface area contributed by atoms with Crippen LogP contribution in [0.1, 0.15) is 21.5 Å². The molecule has 0 aliphatic rings. The first-order chi connectivity index (χ1) is 13.7. The molecule has 1 amide bonds. The second kappa shape index (κ2) is 7.97. The van der Waals surface area contributed by atoms with Crippen molar-refractivity contribution >= 4 is 27.1 Å². The Labute approximate surface area is 170 Å². The zero-order chi connectivity index (χ0) is 21.2. The molecule has 3 N–H and O–H groups in total. The second-order valence-electron chi connectivity index (χ2n) is 6.70. The minimum absolute atomic E-state index is 0.0721. The van der Waals surface area contributed by atoms with E-state index in [1.54, 1.807) is 36.4 Å². The average molecular weight is 410 g/mol. The number of carbonyl (C=O) groups excluding carboxylic acids is 1. The van der Waals surface area contributed by atoms with Gasteiger partial charge in [-0.3, -0.25) is 4.79 Å². The minimum Gasteiger partial charge on any atom is -0.495 e. The number of anilines is 2. The summed E-state index contributed by atoms with van der Waals surface area (Å²) >= 11 is 0. The molecule has 0 aliphatic carbocycles. The van der Waals surface area contributed by atoms with Crippen molar-refractivity contribution in [2.24, 2.45) is 0 Å². The molecule has 3 rings (SSSR count). The van der Waals surface area contributed by atoms with E-state index in [0.717, 1.165) is 11.1 Å². The molecule has 0 atom stereocenters. The molecule has 150 valence electrons. The minimum atomic E-state index is -3.96. The topological polar surface area (TPSA) is 98.5 Å². The van der Waals surface area contributed by atoms with E-state index in [1.807, 2.05) is 19.9 Å². The van der Waals surface area contributed by atoms with Gasteiger partial charge in [-0.1, -0.05) is 24.3 Å². The SMILES string of the molecule is COc1ccccc1NC(=O)c1c(N)cccc1S(=O)(=O)c1cc(C)cc(C)c1. The average Bonchev–Trinajstić information content (AvgIpc) is 2.67. The van der Waals surface area contributed by atoms with Crippen LogP contribution in [0.4, 0.5) is 11.4 Å². The Morgan fingerprint density at radius 2 is 1.62 bits per heavy atom. The van der Waals surface area contributed by atoms with Crippen molar-refractivity contribution in [3.8, 4) is 5.75 Å². The van der Waals surface area contributed by atoms with Gasteiger partial charge in [0.1, 0.15) is 5.75 Å². The maximum atomic E-state index is 13.3. The van der Waals surface area contributed by atoms with Gasteiger partial charge in [0.05, 0.1) is 28.2 Å². The third kappa shape index (κ3) is 4.09. The molecular weight excluding hydrogens is 388 g/mol. The van der Waals surface area contributed by atoms with Gasteiger partial charge in [-0.25, -0.2) is 8.42 Å². The first-order valence-electron chi connectivity index (χ1n) is 8.90. The number of nitrogens with two attached hydrogens (primary N) is 1. The van der Waals surface area contributed by atoms with Crippen LogP contribution in [0, 0.1) is 13.8 Å². The number of sulfone groups is 1. The molecule has 0 radical (unpaired) electrons. The van der Waals surface area contributed by atoms with Crippen LogP contribution in [0.5, 0.6) is 5.75 Å². The van der Waals surface area contributed by atoms with Gasteiger partial charge in [-0.2, -0.15) is 0 Å². The molecule has 0 fully saturated rings. The van der Waals surface area contributed by atoms with Crippen molar-refractivity contribution in [1.29, 1.82) is 0 Å². The predicted molar refractivity (Wildman–Crippen MR) is 113 cm³/mol. The Kier molecular flexibility index (Phi) is 5.61. The zero-order valence-corrected chi connectivity index (χ0v) is 17.2. The van der Waals surface area contributed by atoms with Crippen molar-refractivity contribution in [2.45, 2.75) is 23.6 Å². The number of rotatable bonds is 5. The quantitative estimate of drug-likeness (QED) is 0.620. The molecule has 0 heterocycles. The van der Waals surface area contributed by atoms with E-state index in [4.69, 9.17) is 10.5 Å². The van der Waals surface area contributed by atoms with E-state index in [0.29, 0.717) is 11.4 Å². The van der Waals surface area contributed by atoms with Gasteiger partial charge in [0.2, 0.25) is 9.84 Å². The third-order valence-electron chi connectivity index (χ3n) is 4.44. The van der Waals surface area contributed by atoms with Crippen LogP contribution in [-0.4, -0.2) is 21.4 Å². The summed E-state index contributed by atoms with van der Waals surface area (Å²) < 4.78 is 31.9. The number of hydrogen-bond acceptors (Lipinski definition) is 5. The Bertz CT molecular complexity index is 1170. The van der Waals surface area contributed by atoms with Gasteiger partial charge in [-0.15, -0.1) is 0 Å². The number of amides is 1. The molecule has 0 saturated heterocycles. The maximum absolute atomic E-state index is 13.3. The molecule has 3 aromatic rings. The number of benzene rings is 3. The predicted octanol–water partition coefficient (Wildman–Crippen LogP) is 3.98. The lowest BCUT2D eigenvalue weighted by Gasteiger charge is -2.15. The monoisotopic (exact) mass is 410 g/mol. The van der Waals surface area contributed by atoms with Crippen LogP contribution in [0.25, 0.3) is 0 Å². The molecule has 7 heteroatoms. The highest BCUT2D eigenvalue weighted by atomic mass is 32.2. The number of nitrogens with one attached hydrogen (secondary N) is 1. The van der Waals surface area contributed by atoms with E-state index in [1.165, 1.54) is 25.3 Å². The Morgan fingerprint density at radius 1 is 0.966 bits per heavy atom. The van der Waals surface area contributed by atoms with E-state index in [2.05, 4.69) is 5.32 Å². The molecular formula is C22H22N2O4S. The maximum Gasteiger partial charge on any atom is 0.259 e. The molecule has 0 bridgehead atoms. The number of ether oxygens (including phenoxy) is 1. The summed E-state index contributed by atoms with van der Waals surface area (Å²) in [6.45, 7) is 3.64. The van der Waals surface area contributed by atoms with Crippen molar-refractivity contribution in [2.75, 3.05) is 18.2 Å². The summed E-state index contributed by atoms with van der Waals surface area (Å²) in [6.07, 6.45) is 0. The fourth-order valence-corrected chi connectivity index (χ4v) is 4.84. The summed E-state index contributed by atoms with van der Waals surface area (Å²) in [6, 6.07) is 16.3. The molecule has 29 heavy (non-hydrogen) atoms. The number of carbonyl (C=O) groups is 1. The first kappa shape index (κ1) is 20.4. The van der Waals surface area contributed by atoms with Gasteiger partial charge in [-0.05, 0) is 61.4 Å². The van der Waals surface area contributed by atoms with E-state index in [9.17, 15) is 13.2 Å². The third-order valence-corrected chi connectivity index (χ3v) is 6.21. The van der Waals surface area contributed by atoms with Gasteiger partial charge in [0.25, 0.3) is 5.91 Å².